The molecule has 0 aromatic heterocycles. The Balaban J connectivity index is 1.89. The lowest BCUT2D eigenvalue weighted by molar-refractivity contribution is -0.134. The molecule has 0 bridgehead atoms. The predicted molar refractivity (Wildman–Crippen MR) is 97.7 cm³/mol. The highest BCUT2D eigenvalue weighted by atomic mass is 16.6. The van der Waals surface area contributed by atoms with Crippen LogP contribution in [-0.4, -0.2) is 17.5 Å². The van der Waals surface area contributed by atoms with Gasteiger partial charge in [-0.25, -0.2) is 4.79 Å². The zero-order chi connectivity index (χ0) is 18.2. The topological polar surface area (TPSA) is 55.4 Å². The summed E-state index contributed by atoms with van der Waals surface area (Å²) < 4.78 is 5.51. The van der Waals surface area contributed by atoms with Gasteiger partial charge < -0.3 is 10.1 Å². The second-order valence-electron chi connectivity index (χ2n) is 7.70. The lowest BCUT2D eigenvalue weighted by Crippen LogP contribution is -2.49. The summed E-state index contributed by atoms with van der Waals surface area (Å²) in [6, 6.07) is 15.0. The first-order chi connectivity index (χ1) is 11.7. The van der Waals surface area contributed by atoms with Gasteiger partial charge in [-0.15, -0.1) is 0 Å². The van der Waals surface area contributed by atoms with E-state index >= 15 is 0 Å². The Labute approximate surface area is 148 Å². The van der Waals surface area contributed by atoms with Gasteiger partial charge in [0.1, 0.15) is 0 Å². The number of esters is 1. The molecule has 4 nitrogen and oxygen atoms in total. The average molecular weight is 337 g/mol. The number of amides is 1. The lowest BCUT2D eigenvalue weighted by atomic mass is 9.85. The fourth-order valence-electron chi connectivity index (χ4n) is 3.16. The minimum Gasteiger partial charge on any atom is -0.445 e. The van der Waals surface area contributed by atoms with E-state index in [1.807, 2.05) is 36.4 Å². The van der Waals surface area contributed by atoms with Crippen LogP contribution in [-0.2, 0) is 21.4 Å². The number of nitrogens with one attached hydrogen (secondary N) is 1. The molecule has 4 heteroatoms. The first-order valence-corrected chi connectivity index (χ1v) is 8.43. The highest BCUT2D eigenvalue weighted by Gasteiger charge is 2.42. The Kier molecular flexibility index (Phi) is 4.15. The van der Waals surface area contributed by atoms with Gasteiger partial charge in [-0.3, -0.25) is 4.79 Å². The summed E-state index contributed by atoms with van der Waals surface area (Å²) in [5.74, 6) is -0.768. The van der Waals surface area contributed by atoms with Crippen molar-refractivity contribution < 1.29 is 14.3 Å². The van der Waals surface area contributed by atoms with Crippen molar-refractivity contribution in [1.29, 1.82) is 0 Å². The van der Waals surface area contributed by atoms with Crippen LogP contribution in [0, 0.1) is 0 Å². The van der Waals surface area contributed by atoms with Crippen LogP contribution in [0.25, 0.3) is 0 Å². The third-order valence-corrected chi connectivity index (χ3v) is 4.55. The number of benzene rings is 2. The zero-order valence-corrected chi connectivity index (χ0v) is 15.1. The summed E-state index contributed by atoms with van der Waals surface area (Å²) in [6.07, 6.45) is 0.360. The Morgan fingerprint density at radius 1 is 1.08 bits per heavy atom. The molecule has 0 saturated carbocycles. The Morgan fingerprint density at radius 3 is 2.44 bits per heavy atom. The van der Waals surface area contributed by atoms with Crippen molar-refractivity contribution in [2.75, 3.05) is 5.32 Å². The second-order valence-corrected chi connectivity index (χ2v) is 7.70. The van der Waals surface area contributed by atoms with Gasteiger partial charge in [0.05, 0.1) is 5.56 Å². The number of hydrogen-bond donors (Lipinski definition) is 1. The largest absolute Gasteiger partial charge is 0.445 e. The number of carbonyl (C=O) groups excluding carboxylic acids is 2. The molecule has 0 aliphatic carbocycles. The van der Waals surface area contributed by atoms with Gasteiger partial charge in [0.15, 0.2) is 5.60 Å². The summed E-state index contributed by atoms with van der Waals surface area (Å²) in [6.45, 7) is 7.94. The van der Waals surface area contributed by atoms with E-state index in [0.29, 0.717) is 12.0 Å². The molecule has 1 unspecified atom stereocenters. The number of hydrogen-bond acceptors (Lipinski definition) is 3. The van der Waals surface area contributed by atoms with E-state index in [-0.39, 0.29) is 11.3 Å². The number of rotatable bonds is 2. The fourth-order valence-corrected chi connectivity index (χ4v) is 3.16. The molecule has 1 N–H and O–H groups in total. The zero-order valence-electron chi connectivity index (χ0n) is 15.1. The number of para-hydroxylation sites is 1. The van der Waals surface area contributed by atoms with Crippen molar-refractivity contribution in [1.82, 2.24) is 0 Å². The number of ether oxygens (including phenoxy) is 1. The molecule has 0 fully saturated rings. The molecular formula is C21H23NO3. The SMILES string of the molecule is CC1(C(=O)Nc2ccccc2C(C)(C)C)Cc2ccccc2C(=O)O1. The molecule has 1 aliphatic rings. The van der Waals surface area contributed by atoms with Crippen molar-refractivity contribution in [3.63, 3.8) is 0 Å². The Bertz CT molecular complexity index is 835. The summed E-state index contributed by atoms with van der Waals surface area (Å²) in [4.78, 5) is 25.2. The quantitative estimate of drug-likeness (QED) is 0.840. The van der Waals surface area contributed by atoms with Crippen molar-refractivity contribution in [2.45, 2.75) is 45.1 Å². The Morgan fingerprint density at radius 2 is 1.72 bits per heavy atom. The first-order valence-electron chi connectivity index (χ1n) is 8.43. The molecule has 3 rings (SSSR count). The molecule has 2 aromatic carbocycles. The van der Waals surface area contributed by atoms with Crippen LogP contribution in [0.5, 0.6) is 0 Å². The number of fused-ring (bicyclic) bond motifs is 1. The van der Waals surface area contributed by atoms with E-state index in [1.54, 1.807) is 19.1 Å². The molecule has 130 valence electrons. The smallest absolute Gasteiger partial charge is 0.339 e. The Hall–Kier alpha value is -2.62. The van der Waals surface area contributed by atoms with Crippen molar-refractivity contribution in [3.8, 4) is 0 Å². The maximum Gasteiger partial charge on any atom is 0.339 e. The molecule has 0 saturated heterocycles. The van der Waals surface area contributed by atoms with Gasteiger partial charge in [-0.1, -0.05) is 57.2 Å². The van der Waals surface area contributed by atoms with Gasteiger partial charge in [0.25, 0.3) is 5.91 Å². The van der Waals surface area contributed by atoms with Crippen LogP contribution >= 0.6 is 0 Å². The van der Waals surface area contributed by atoms with Gasteiger partial charge in [0, 0.05) is 12.1 Å². The highest BCUT2D eigenvalue weighted by molar-refractivity contribution is 6.02. The van der Waals surface area contributed by atoms with E-state index in [0.717, 1.165) is 16.8 Å². The van der Waals surface area contributed by atoms with Gasteiger partial charge in [-0.05, 0) is 35.6 Å². The molecule has 1 aliphatic heterocycles. The normalized spacial score (nSPS) is 19.8. The monoisotopic (exact) mass is 337 g/mol. The second kappa shape index (κ2) is 6.03. The van der Waals surface area contributed by atoms with Crippen molar-refractivity contribution >= 4 is 17.6 Å². The minimum absolute atomic E-state index is 0.110. The van der Waals surface area contributed by atoms with Crippen LogP contribution in [0.15, 0.2) is 48.5 Å². The summed E-state index contributed by atoms with van der Waals surface area (Å²) in [5.41, 5.74) is 1.81. The van der Waals surface area contributed by atoms with E-state index in [4.69, 9.17) is 4.74 Å². The van der Waals surface area contributed by atoms with Crippen LogP contribution in [0.2, 0.25) is 0 Å². The van der Waals surface area contributed by atoms with Crippen molar-refractivity contribution in [2.24, 2.45) is 0 Å². The highest BCUT2D eigenvalue weighted by Crippen LogP contribution is 2.32. The third kappa shape index (κ3) is 3.29. The minimum atomic E-state index is -1.23. The lowest BCUT2D eigenvalue weighted by Gasteiger charge is -2.33. The van der Waals surface area contributed by atoms with Gasteiger partial charge in [-0.2, -0.15) is 0 Å². The average Bonchev–Trinajstić information content (AvgIpc) is 2.54. The molecule has 0 spiro atoms. The van der Waals surface area contributed by atoms with Gasteiger partial charge in [0.2, 0.25) is 0 Å². The molecule has 2 aromatic rings. The van der Waals surface area contributed by atoms with Gasteiger partial charge >= 0.3 is 5.97 Å². The summed E-state index contributed by atoms with van der Waals surface area (Å²) >= 11 is 0. The van der Waals surface area contributed by atoms with Crippen LogP contribution < -0.4 is 5.32 Å². The summed E-state index contributed by atoms with van der Waals surface area (Å²) in [5, 5.41) is 2.96. The number of carbonyl (C=O) groups is 2. The van der Waals surface area contributed by atoms with Crippen LogP contribution in [0.1, 0.15) is 49.2 Å². The van der Waals surface area contributed by atoms with Crippen LogP contribution in [0.3, 0.4) is 0 Å². The molecule has 1 atom stereocenters. The maximum absolute atomic E-state index is 12.9. The number of anilines is 1. The predicted octanol–water partition coefficient (Wildman–Crippen LogP) is 4.09. The molecule has 25 heavy (non-hydrogen) atoms. The standard InChI is InChI=1S/C21H23NO3/c1-20(2,3)16-11-7-8-12-17(16)22-19(24)21(4)13-14-9-5-6-10-15(14)18(23)25-21/h5-12H,13H2,1-4H3,(H,22,24). The molecule has 0 radical (unpaired) electrons. The molecule has 1 amide bonds. The van der Waals surface area contributed by atoms with Crippen LogP contribution in [0.4, 0.5) is 5.69 Å². The molecule has 1 heterocycles. The fraction of sp³-hybridized carbons (Fsp3) is 0.333. The van der Waals surface area contributed by atoms with E-state index < -0.39 is 11.6 Å². The van der Waals surface area contributed by atoms with Crippen molar-refractivity contribution in [3.05, 3.63) is 65.2 Å². The third-order valence-electron chi connectivity index (χ3n) is 4.55. The summed E-state index contributed by atoms with van der Waals surface area (Å²) in [7, 11) is 0. The first kappa shape index (κ1) is 17.2. The number of cyclic esters (lactones) is 1. The van der Waals surface area contributed by atoms with E-state index in [1.165, 1.54) is 0 Å². The van der Waals surface area contributed by atoms with E-state index in [2.05, 4.69) is 26.1 Å². The maximum atomic E-state index is 12.9. The van der Waals surface area contributed by atoms with E-state index in [9.17, 15) is 9.59 Å². The molecular weight excluding hydrogens is 314 g/mol.